The average molecular weight is 509 g/mol. The Balaban J connectivity index is 2.37. The molecule has 37 heavy (non-hydrogen) atoms. The fourth-order valence-electron chi connectivity index (χ4n) is 9.22. The summed E-state index contributed by atoms with van der Waals surface area (Å²) in [5.41, 5.74) is 7.12. The van der Waals surface area contributed by atoms with Crippen molar-refractivity contribution in [2.75, 3.05) is 28.4 Å². The zero-order valence-electron chi connectivity index (χ0n) is 25.7. The minimum atomic E-state index is -0.311. The Labute approximate surface area is 225 Å². The van der Waals surface area contributed by atoms with E-state index >= 15 is 0 Å². The van der Waals surface area contributed by atoms with Crippen molar-refractivity contribution in [2.45, 2.75) is 98.3 Å². The van der Waals surface area contributed by atoms with Crippen molar-refractivity contribution in [3.05, 3.63) is 45.5 Å². The van der Waals surface area contributed by atoms with E-state index in [4.69, 9.17) is 18.9 Å². The maximum atomic E-state index is 6.03. The van der Waals surface area contributed by atoms with Crippen LogP contribution in [0.2, 0.25) is 0 Å². The third kappa shape index (κ3) is 2.70. The molecule has 2 aliphatic carbocycles. The molecule has 4 nitrogen and oxygen atoms in total. The van der Waals surface area contributed by atoms with Crippen LogP contribution in [0.4, 0.5) is 0 Å². The van der Waals surface area contributed by atoms with Gasteiger partial charge in [0.1, 0.15) is 0 Å². The highest BCUT2D eigenvalue weighted by Gasteiger charge is 2.76. The van der Waals surface area contributed by atoms with E-state index in [2.05, 4.69) is 81.4 Å². The molecule has 0 N–H and O–H groups in total. The number of fused-ring (bicyclic) bond motifs is 4. The summed E-state index contributed by atoms with van der Waals surface area (Å²) >= 11 is 0. The Kier molecular flexibility index (Phi) is 6.22. The van der Waals surface area contributed by atoms with Gasteiger partial charge < -0.3 is 18.9 Å². The average Bonchev–Trinajstić information content (AvgIpc) is 3.13. The first-order chi connectivity index (χ1) is 17.2. The molecule has 0 aliphatic heterocycles. The van der Waals surface area contributed by atoms with Crippen LogP contribution in [0.25, 0.3) is 0 Å². The Morgan fingerprint density at radius 1 is 0.568 bits per heavy atom. The minimum Gasteiger partial charge on any atom is -0.493 e. The van der Waals surface area contributed by atoms with Crippen LogP contribution in [0.3, 0.4) is 0 Å². The fourth-order valence-corrected chi connectivity index (χ4v) is 9.22. The Morgan fingerprint density at radius 3 is 1.38 bits per heavy atom. The summed E-state index contributed by atoms with van der Waals surface area (Å²) in [6.45, 7) is 24.0. The van der Waals surface area contributed by atoms with Gasteiger partial charge in [0.25, 0.3) is 0 Å². The number of methoxy groups -OCH3 is 4. The molecule has 0 amide bonds. The van der Waals surface area contributed by atoms with Gasteiger partial charge in [-0.3, -0.25) is 0 Å². The lowest BCUT2D eigenvalue weighted by atomic mass is 9.44. The van der Waals surface area contributed by atoms with E-state index in [0.717, 1.165) is 35.8 Å². The number of hydrogen-bond donors (Lipinski definition) is 0. The quantitative estimate of drug-likeness (QED) is 0.396. The van der Waals surface area contributed by atoms with Gasteiger partial charge in [0.05, 0.1) is 28.4 Å². The van der Waals surface area contributed by atoms with Crippen molar-refractivity contribution in [1.29, 1.82) is 0 Å². The van der Waals surface area contributed by atoms with E-state index in [1.165, 1.54) is 33.4 Å². The Hall–Kier alpha value is -2.36. The molecule has 0 bridgehead atoms. The van der Waals surface area contributed by atoms with Gasteiger partial charge in [0, 0.05) is 5.41 Å². The first-order valence-electron chi connectivity index (χ1n) is 13.7. The summed E-state index contributed by atoms with van der Waals surface area (Å²) in [5.74, 6) is 3.28. The second-order valence-corrected chi connectivity index (χ2v) is 12.7. The third-order valence-corrected chi connectivity index (χ3v) is 11.8. The number of benzene rings is 2. The molecule has 3 unspecified atom stereocenters. The van der Waals surface area contributed by atoms with Crippen LogP contribution in [-0.4, -0.2) is 28.4 Å². The Morgan fingerprint density at radius 2 is 0.973 bits per heavy atom. The molecule has 0 saturated carbocycles. The van der Waals surface area contributed by atoms with Crippen molar-refractivity contribution in [3.8, 4) is 23.0 Å². The van der Waals surface area contributed by atoms with Crippen molar-refractivity contribution in [1.82, 2.24) is 0 Å². The lowest BCUT2D eigenvalue weighted by Gasteiger charge is -2.58. The number of rotatable bonds is 6. The molecular formula is C33H48O4. The van der Waals surface area contributed by atoms with Crippen LogP contribution in [0.5, 0.6) is 23.0 Å². The van der Waals surface area contributed by atoms with E-state index in [1.807, 2.05) is 0 Å². The molecule has 0 radical (unpaired) electrons. The van der Waals surface area contributed by atoms with Crippen LogP contribution in [0.1, 0.15) is 102 Å². The van der Waals surface area contributed by atoms with Gasteiger partial charge in [-0.1, -0.05) is 55.4 Å². The SMILES string of the molecule is CCC1(C)c2cc(OC)c(OC)c(C)c2C2(c3cc(OC)c(OC)c(C)c3C(C)(CC)C2(C)C)C1(C)C. The van der Waals surface area contributed by atoms with Crippen LogP contribution in [0, 0.1) is 24.7 Å². The maximum Gasteiger partial charge on any atom is 0.163 e. The van der Waals surface area contributed by atoms with E-state index in [1.54, 1.807) is 28.4 Å². The molecule has 4 rings (SSSR count). The van der Waals surface area contributed by atoms with E-state index in [0.29, 0.717) is 0 Å². The topological polar surface area (TPSA) is 36.9 Å². The maximum absolute atomic E-state index is 6.03. The third-order valence-electron chi connectivity index (χ3n) is 11.8. The lowest BCUT2D eigenvalue weighted by molar-refractivity contribution is -0.00499. The molecule has 4 heteroatoms. The van der Waals surface area contributed by atoms with E-state index in [-0.39, 0.29) is 27.1 Å². The minimum absolute atomic E-state index is 0.0960. The number of ether oxygens (including phenoxy) is 4. The summed E-state index contributed by atoms with van der Waals surface area (Å²) in [5, 5.41) is 0. The molecule has 0 heterocycles. The lowest BCUT2D eigenvalue weighted by Crippen LogP contribution is -2.57. The van der Waals surface area contributed by atoms with Gasteiger partial charge in [0.15, 0.2) is 23.0 Å². The molecule has 204 valence electrons. The number of hydrogen-bond acceptors (Lipinski definition) is 4. The summed E-state index contributed by atoms with van der Waals surface area (Å²) < 4.78 is 23.9. The normalized spacial score (nSPS) is 28.7. The summed E-state index contributed by atoms with van der Waals surface area (Å²) in [7, 11) is 7.00. The molecule has 2 aromatic carbocycles. The smallest absolute Gasteiger partial charge is 0.163 e. The largest absolute Gasteiger partial charge is 0.493 e. The monoisotopic (exact) mass is 508 g/mol. The molecular weight excluding hydrogens is 460 g/mol. The molecule has 2 aliphatic rings. The second-order valence-electron chi connectivity index (χ2n) is 12.7. The first-order valence-corrected chi connectivity index (χ1v) is 13.7. The predicted octanol–water partition coefficient (Wildman–Crippen LogP) is 8.04. The molecule has 0 aromatic heterocycles. The zero-order chi connectivity index (χ0) is 27.9. The van der Waals surface area contributed by atoms with Crippen molar-refractivity contribution in [3.63, 3.8) is 0 Å². The van der Waals surface area contributed by atoms with E-state index < -0.39 is 0 Å². The van der Waals surface area contributed by atoms with Crippen LogP contribution in [-0.2, 0) is 16.2 Å². The van der Waals surface area contributed by atoms with E-state index in [9.17, 15) is 0 Å². The molecule has 3 atom stereocenters. The summed E-state index contributed by atoms with van der Waals surface area (Å²) in [6.07, 6.45) is 2.04. The summed E-state index contributed by atoms with van der Waals surface area (Å²) in [6, 6.07) is 4.57. The van der Waals surface area contributed by atoms with Gasteiger partial charge in [-0.2, -0.15) is 0 Å². The van der Waals surface area contributed by atoms with Crippen molar-refractivity contribution in [2.24, 2.45) is 10.8 Å². The van der Waals surface area contributed by atoms with Crippen LogP contribution >= 0.6 is 0 Å². The standard InChI is InChI=1S/C33H48O4/c1-15-31(9)21-17-23(34-11)28(37-14)20(4)26(21)33(29(31,5)6)22-18-24(35-12)27(36-13)19(3)25(22)32(10,16-2)30(33,7)8/h17-18H,15-16H2,1-14H3. The highest BCUT2D eigenvalue weighted by atomic mass is 16.5. The highest BCUT2D eigenvalue weighted by molar-refractivity contribution is 5.74. The van der Waals surface area contributed by atoms with Gasteiger partial charge in [-0.25, -0.2) is 0 Å². The fraction of sp³-hybridized carbons (Fsp3) is 0.636. The highest BCUT2D eigenvalue weighted by Crippen LogP contribution is 2.80. The van der Waals surface area contributed by atoms with Crippen LogP contribution in [0.15, 0.2) is 12.1 Å². The summed E-state index contributed by atoms with van der Waals surface area (Å²) in [4.78, 5) is 0. The molecule has 2 aromatic rings. The van der Waals surface area contributed by atoms with Gasteiger partial charge in [-0.15, -0.1) is 0 Å². The second kappa shape index (κ2) is 8.32. The first kappa shape index (κ1) is 27.7. The van der Waals surface area contributed by atoms with Crippen molar-refractivity contribution >= 4 is 0 Å². The molecule has 0 fully saturated rings. The predicted molar refractivity (Wildman–Crippen MR) is 152 cm³/mol. The van der Waals surface area contributed by atoms with Crippen LogP contribution < -0.4 is 18.9 Å². The van der Waals surface area contributed by atoms with Crippen molar-refractivity contribution < 1.29 is 18.9 Å². The Bertz CT molecular complexity index is 1260. The molecule has 1 spiro atoms. The van der Waals surface area contributed by atoms with Gasteiger partial charge in [0.2, 0.25) is 0 Å². The molecule has 0 saturated heterocycles. The van der Waals surface area contributed by atoms with Gasteiger partial charge in [-0.05, 0) is 93.9 Å². The van der Waals surface area contributed by atoms with Gasteiger partial charge >= 0.3 is 0 Å². The zero-order valence-corrected chi connectivity index (χ0v) is 25.7.